The topological polar surface area (TPSA) is 75.3 Å². The maximum atomic E-state index is 10.5. The molecule has 4 N–H and O–H groups in total. The molecule has 13 heavy (non-hydrogen) atoms. The van der Waals surface area contributed by atoms with E-state index in [1.54, 1.807) is 0 Å². The molecule has 0 radical (unpaired) electrons. The van der Waals surface area contributed by atoms with Gasteiger partial charge in [-0.1, -0.05) is 6.92 Å². The zero-order chi connectivity index (χ0) is 8.69. The molecular weight excluding hydrogens is 215 g/mol. The molecule has 6 heteroatoms. The maximum absolute atomic E-state index is 10.5. The van der Waals surface area contributed by atoms with Crippen molar-refractivity contribution in [2.75, 3.05) is 13.1 Å². The van der Waals surface area contributed by atoms with E-state index >= 15 is 0 Å². The van der Waals surface area contributed by atoms with Crippen LogP contribution < -0.4 is 11.1 Å². The Balaban J connectivity index is -0.000000500. The van der Waals surface area contributed by atoms with Gasteiger partial charge in [-0.25, -0.2) is 0 Å². The van der Waals surface area contributed by atoms with Crippen LogP contribution in [-0.2, 0) is 4.79 Å². The number of nitrogens with one attached hydrogen (secondary N) is 1. The molecule has 0 saturated heterocycles. The summed E-state index contributed by atoms with van der Waals surface area (Å²) in [6.45, 7) is 3.12. The number of rotatable bonds is 6. The molecule has 0 aromatic carbocycles. The minimum absolute atomic E-state index is 0. The average molecular weight is 233 g/mol. The van der Waals surface area contributed by atoms with Crippen LogP contribution >= 0.6 is 24.8 Å². The average Bonchev–Trinajstić information content (AvgIpc) is 1.97. The summed E-state index contributed by atoms with van der Waals surface area (Å²) in [7, 11) is 0. The van der Waals surface area contributed by atoms with Gasteiger partial charge in [0.2, 0.25) is 0 Å². The minimum atomic E-state index is -0.791. The van der Waals surface area contributed by atoms with E-state index in [-0.39, 0.29) is 24.8 Å². The Morgan fingerprint density at radius 2 is 2.08 bits per heavy atom. The largest absolute Gasteiger partial charge is 0.480 e. The monoisotopic (exact) mass is 232 g/mol. The van der Waals surface area contributed by atoms with Crippen molar-refractivity contribution >= 4 is 30.8 Å². The third kappa shape index (κ3) is 9.89. The Bertz CT molecular complexity index is 125. The van der Waals surface area contributed by atoms with Crippen molar-refractivity contribution in [2.45, 2.75) is 25.8 Å². The number of nitrogens with two attached hydrogens (primary N) is 1. The highest BCUT2D eigenvalue weighted by Gasteiger charge is 2.13. The summed E-state index contributed by atoms with van der Waals surface area (Å²) in [6.07, 6.45) is 1.36. The lowest BCUT2D eigenvalue weighted by Crippen LogP contribution is -2.36. The van der Waals surface area contributed by atoms with E-state index in [1.165, 1.54) is 0 Å². The van der Waals surface area contributed by atoms with Crippen LogP contribution in [0.4, 0.5) is 0 Å². The standard InChI is InChI=1S/C7H16N2O2.2ClH/c1-2-9-6(7(10)11)4-3-5-8;;/h6,9H,2-5,8H2,1H3,(H,10,11);2*1H. The highest BCUT2D eigenvalue weighted by molar-refractivity contribution is 5.85. The van der Waals surface area contributed by atoms with Crippen LogP contribution in [0.3, 0.4) is 0 Å². The third-order valence-electron chi connectivity index (χ3n) is 1.45. The molecule has 1 atom stereocenters. The Morgan fingerprint density at radius 1 is 1.54 bits per heavy atom. The normalized spacial score (nSPS) is 10.9. The van der Waals surface area contributed by atoms with Crippen molar-refractivity contribution in [1.29, 1.82) is 0 Å². The van der Waals surface area contributed by atoms with Gasteiger partial charge in [0.1, 0.15) is 6.04 Å². The highest BCUT2D eigenvalue weighted by Crippen LogP contribution is 1.95. The summed E-state index contributed by atoms with van der Waals surface area (Å²) in [5.41, 5.74) is 5.25. The number of hydrogen-bond donors (Lipinski definition) is 3. The summed E-state index contributed by atoms with van der Waals surface area (Å²) in [4.78, 5) is 10.5. The van der Waals surface area contributed by atoms with Gasteiger partial charge in [-0.2, -0.15) is 0 Å². The second-order valence-corrected chi connectivity index (χ2v) is 2.38. The number of carboxylic acid groups (broad SMARTS) is 1. The van der Waals surface area contributed by atoms with Crippen molar-refractivity contribution in [3.8, 4) is 0 Å². The number of hydrogen-bond acceptors (Lipinski definition) is 3. The van der Waals surface area contributed by atoms with Crippen LogP contribution in [0.5, 0.6) is 0 Å². The molecule has 0 saturated carbocycles. The van der Waals surface area contributed by atoms with E-state index in [1.807, 2.05) is 6.92 Å². The van der Waals surface area contributed by atoms with Crippen LogP contribution in [-0.4, -0.2) is 30.2 Å². The number of likely N-dealkylation sites (N-methyl/N-ethyl adjacent to an activating group) is 1. The smallest absolute Gasteiger partial charge is 0.320 e. The number of halogens is 2. The van der Waals surface area contributed by atoms with Gasteiger partial charge < -0.3 is 16.2 Å². The molecule has 0 aliphatic heterocycles. The van der Waals surface area contributed by atoms with E-state index in [9.17, 15) is 4.79 Å². The quantitative estimate of drug-likeness (QED) is 0.629. The fraction of sp³-hybridized carbons (Fsp3) is 0.857. The number of carboxylic acids is 1. The number of carbonyl (C=O) groups is 1. The third-order valence-corrected chi connectivity index (χ3v) is 1.45. The Labute approximate surface area is 91.1 Å². The predicted molar refractivity (Wildman–Crippen MR) is 57.9 cm³/mol. The minimum Gasteiger partial charge on any atom is -0.480 e. The van der Waals surface area contributed by atoms with Crippen LogP contribution in [0.25, 0.3) is 0 Å². The van der Waals surface area contributed by atoms with Gasteiger partial charge in [-0.05, 0) is 25.9 Å². The lowest BCUT2D eigenvalue weighted by Gasteiger charge is -2.11. The molecule has 4 nitrogen and oxygen atoms in total. The van der Waals surface area contributed by atoms with Gasteiger partial charge >= 0.3 is 5.97 Å². The first-order chi connectivity index (χ1) is 5.22. The van der Waals surface area contributed by atoms with Gasteiger partial charge in [-0.3, -0.25) is 4.79 Å². The lowest BCUT2D eigenvalue weighted by molar-refractivity contribution is -0.139. The van der Waals surface area contributed by atoms with Crippen molar-refractivity contribution in [2.24, 2.45) is 5.73 Å². The van der Waals surface area contributed by atoms with Gasteiger partial charge in [0.15, 0.2) is 0 Å². The van der Waals surface area contributed by atoms with E-state index in [0.717, 1.165) is 6.42 Å². The lowest BCUT2D eigenvalue weighted by atomic mass is 10.1. The maximum Gasteiger partial charge on any atom is 0.320 e. The van der Waals surface area contributed by atoms with Crippen LogP contribution in [0.1, 0.15) is 19.8 Å². The van der Waals surface area contributed by atoms with E-state index in [4.69, 9.17) is 10.8 Å². The van der Waals surface area contributed by atoms with E-state index in [0.29, 0.717) is 19.5 Å². The summed E-state index contributed by atoms with van der Waals surface area (Å²) >= 11 is 0. The highest BCUT2D eigenvalue weighted by atomic mass is 35.5. The molecule has 0 aliphatic carbocycles. The van der Waals surface area contributed by atoms with Gasteiger partial charge in [0, 0.05) is 0 Å². The molecule has 0 aromatic rings. The zero-order valence-corrected chi connectivity index (χ0v) is 9.29. The summed E-state index contributed by atoms with van der Waals surface area (Å²) in [5, 5.41) is 11.5. The van der Waals surface area contributed by atoms with Crippen molar-refractivity contribution in [3.05, 3.63) is 0 Å². The fourth-order valence-electron chi connectivity index (χ4n) is 0.881. The molecule has 0 aliphatic rings. The zero-order valence-electron chi connectivity index (χ0n) is 7.66. The molecule has 0 rings (SSSR count). The molecule has 0 bridgehead atoms. The first-order valence-corrected chi connectivity index (χ1v) is 3.88. The molecule has 0 heterocycles. The van der Waals surface area contributed by atoms with Crippen molar-refractivity contribution in [1.82, 2.24) is 5.32 Å². The molecular formula is C7H18Cl2N2O2. The summed E-state index contributed by atoms with van der Waals surface area (Å²) in [6, 6.07) is -0.427. The molecule has 0 aromatic heterocycles. The van der Waals surface area contributed by atoms with Crippen LogP contribution in [0, 0.1) is 0 Å². The molecule has 1 unspecified atom stereocenters. The molecule has 0 spiro atoms. The fourth-order valence-corrected chi connectivity index (χ4v) is 0.881. The second-order valence-electron chi connectivity index (χ2n) is 2.38. The summed E-state index contributed by atoms with van der Waals surface area (Å²) < 4.78 is 0. The second kappa shape index (κ2) is 12.0. The first-order valence-electron chi connectivity index (χ1n) is 3.88. The Morgan fingerprint density at radius 3 is 2.38 bits per heavy atom. The first kappa shape index (κ1) is 18.7. The Hall–Kier alpha value is -0.0300. The van der Waals surface area contributed by atoms with Gasteiger partial charge in [0.05, 0.1) is 0 Å². The molecule has 82 valence electrons. The van der Waals surface area contributed by atoms with Crippen molar-refractivity contribution in [3.63, 3.8) is 0 Å². The summed E-state index contributed by atoms with van der Waals surface area (Å²) in [5.74, 6) is -0.791. The van der Waals surface area contributed by atoms with Crippen LogP contribution in [0.15, 0.2) is 0 Å². The van der Waals surface area contributed by atoms with Crippen molar-refractivity contribution < 1.29 is 9.90 Å². The van der Waals surface area contributed by atoms with Gasteiger partial charge in [0.25, 0.3) is 0 Å². The van der Waals surface area contributed by atoms with E-state index in [2.05, 4.69) is 5.32 Å². The van der Waals surface area contributed by atoms with Crippen LogP contribution in [0.2, 0.25) is 0 Å². The predicted octanol–water partition coefficient (Wildman–Crippen LogP) is 0.632. The van der Waals surface area contributed by atoms with E-state index < -0.39 is 12.0 Å². The molecule has 0 fully saturated rings. The van der Waals surface area contributed by atoms with Gasteiger partial charge in [-0.15, -0.1) is 24.8 Å². The number of aliphatic carboxylic acids is 1. The SMILES string of the molecule is CCNC(CCCN)C(=O)O.Cl.Cl. The molecule has 0 amide bonds. The Kier molecular flexibility index (Phi) is 17.2.